The number of rotatable bonds is 7. The lowest BCUT2D eigenvalue weighted by Gasteiger charge is -2.24. The second-order valence-electron chi connectivity index (χ2n) is 7.72. The first-order valence-electron chi connectivity index (χ1n) is 10.2. The van der Waals surface area contributed by atoms with Gasteiger partial charge >= 0.3 is 12.1 Å². The highest BCUT2D eigenvalue weighted by Gasteiger charge is 2.30. The fraction of sp³-hybridized carbons (Fsp3) is 0.200. The summed E-state index contributed by atoms with van der Waals surface area (Å²) < 4.78 is 18.9. The number of likely N-dealkylation sites (N-methyl/N-ethyl adjacent to an activating group) is 1. The van der Waals surface area contributed by atoms with Gasteiger partial charge in [0.1, 0.15) is 18.5 Å². The monoisotopic (exact) mass is 434 g/mol. The molecule has 1 atom stereocenters. The number of carboxylic acid groups (broad SMARTS) is 1. The molecule has 6 nitrogen and oxygen atoms in total. The van der Waals surface area contributed by atoms with Gasteiger partial charge in [-0.3, -0.25) is 0 Å². The molecule has 4 rings (SSSR count). The average molecular weight is 434 g/mol. The van der Waals surface area contributed by atoms with E-state index in [-0.39, 0.29) is 19.1 Å². The lowest BCUT2D eigenvalue weighted by atomic mass is 9.98. The van der Waals surface area contributed by atoms with Gasteiger partial charge in [-0.2, -0.15) is 0 Å². The number of nitrogens with one attached hydrogen (secondary N) is 1. The molecule has 1 aliphatic rings. The van der Waals surface area contributed by atoms with Gasteiger partial charge in [0.2, 0.25) is 0 Å². The smallest absolute Gasteiger partial charge is 0.407 e. The Hall–Kier alpha value is -3.87. The number of anilines is 1. The Labute approximate surface area is 185 Å². The van der Waals surface area contributed by atoms with Crippen molar-refractivity contribution in [2.24, 2.45) is 0 Å². The number of amides is 1. The van der Waals surface area contributed by atoms with Crippen molar-refractivity contribution in [3.05, 3.63) is 89.7 Å². The van der Waals surface area contributed by atoms with Gasteiger partial charge in [0.25, 0.3) is 0 Å². The molecule has 0 aromatic heterocycles. The number of nitrogens with zero attached hydrogens (tertiary/aromatic N) is 1. The maximum absolute atomic E-state index is 13.5. The van der Waals surface area contributed by atoms with Gasteiger partial charge in [-0.15, -0.1) is 0 Å². The van der Waals surface area contributed by atoms with Crippen molar-refractivity contribution < 1.29 is 23.8 Å². The van der Waals surface area contributed by atoms with E-state index in [1.807, 2.05) is 48.5 Å². The highest BCUT2D eigenvalue weighted by molar-refractivity contribution is 5.81. The average Bonchev–Trinajstić information content (AvgIpc) is 3.11. The van der Waals surface area contributed by atoms with E-state index in [4.69, 9.17) is 4.74 Å². The van der Waals surface area contributed by atoms with E-state index >= 15 is 0 Å². The van der Waals surface area contributed by atoms with Gasteiger partial charge in [0.15, 0.2) is 0 Å². The Morgan fingerprint density at radius 3 is 2.25 bits per heavy atom. The molecule has 0 radical (unpaired) electrons. The number of hydrogen-bond donors (Lipinski definition) is 2. The lowest BCUT2D eigenvalue weighted by molar-refractivity contribution is -0.139. The van der Waals surface area contributed by atoms with E-state index in [9.17, 15) is 19.1 Å². The molecule has 0 saturated carbocycles. The van der Waals surface area contributed by atoms with E-state index in [1.165, 1.54) is 18.2 Å². The summed E-state index contributed by atoms with van der Waals surface area (Å²) in [6, 6.07) is 20.5. The molecule has 0 unspecified atom stereocenters. The minimum Gasteiger partial charge on any atom is -0.480 e. The standard InChI is InChI=1S/C25H23FN2O4/c1-28(17-8-6-7-16(26)13-17)14-23(24(29)30)27-25(31)32-15-22-20-11-4-2-9-18(20)19-10-3-5-12-21(19)22/h2-13,22-23H,14-15H2,1H3,(H,27,31)(H,29,30)/t23-/m0/s1. The van der Waals surface area contributed by atoms with Crippen LogP contribution in [0.15, 0.2) is 72.8 Å². The molecule has 0 saturated heterocycles. The van der Waals surface area contributed by atoms with Crippen LogP contribution in [0.25, 0.3) is 11.1 Å². The Bertz CT molecular complexity index is 1100. The van der Waals surface area contributed by atoms with E-state index in [1.54, 1.807) is 18.0 Å². The number of ether oxygens (including phenoxy) is 1. The summed E-state index contributed by atoms with van der Waals surface area (Å²) in [6.45, 7) is 0.0366. The van der Waals surface area contributed by atoms with Crippen molar-refractivity contribution in [1.29, 1.82) is 0 Å². The van der Waals surface area contributed by atoms with Crippen LogP contribution in [0.2, 0.25) is 0 Å². The van der Waals surface area contributed by atoms with Crippen molar-refractivity contribution in [2.45, 2.75) is 12.0 Å². The van der Waals surface area contributed by atoms with Crippen LogP contribution in [0.3, 0.4) is 0 Å². The molecule has 7 heteroatoms. The highest BCUT2D eigenvalue weighted by Crippen LogP contribution is 2.44. The van der Waals surface area contributed by atoms with Gasteiger partial charge in [-0.05, 0) is 40.5 Å². The normalized spacial score (nSPS) is 13.1. The number of hydrogen-bond acceptors (Lipinski definition) is 4. The van der Waals surface area contributed by atoms with Crippen LogP contribution in [-0.2, 0) is 9.53 Å². The summed E-state index contributed by atoms with van der Waals surface area (Å²) in [5.41, 5.74) is 4.87. The molecule has 164 valence electrons. The minimum atomic E-state index is -1.22. The zero-order valence-corrected chi connectivity index (χ0v) is 17.5. The molecule has 1 aliphatic carbocycles. The quantitative estimate of drug-likeness (QED) is 0.581. The van der Waals surface area contributed by atoms with Crippen molar-refractivity contribution in [2.75, 3.05) is 25.1 Å². The molecule has 0 aliphatic heterocycles. The van der Waals surface area contributed by atoms with Crippen molar-refractivity contribution in [3.8, 4) is 11.1 Å². The van der Waals surface area contributed by atoms with Crippen LogP contribution < -0.4 is 10.2 Å². The van der Waals surface area contributed by atoms with Crippen molar-refractivity contribution in [1.82, 2.24) is 5.32 Å². The second-order valence-corrected chi connectivity index (χ2v) is 7.72. The van der Waals surface area contributed by atoms with Gasteiger partial charge in [-0.25, -0.2) is 14.0 Å². The summed E-state index contributed by atoms with van der Waals surface area (Å²) >= 11 is 0. The fourth-order valence-electron chi connectivity index (χ4n) is 4.06. The van der Waals surface area contributed by atoms with Crippen LogP contribution >= 0.6 is 0 Å². The van der Waals surface area contributed by atoms with Gasteiger partial charge < -0.3 is 20.1 Å². The Morgan fingerprint density at radius 2 is 1.66 bits per heavy atom. The van der Waals surface area contributed by atoms with E-state index in [0.29, 0.717) is 5.69 Å². The second kappa shape index (κ2) is 9.09. The Morgan fingerprint density at radius 1 is 1.03 bits per heavy atom. The SMILES string of the molecule is CN(C[C@H](NC(=O)OCC1c2ccccc2-c2ccccc21)C(=O)O)c1cccc(F)c1. The number of aliphatic carboxylic acids is 1. The molecule has 3 aromatic rings. The fourth-order valence-corrected chi connectivity index (χ4v) is 4.06. The predicted octanol–water partition coefficient (Wildman–Crippen LogP) is 4.25. The Balaban J connectivity index is 1.41. The number of carboxylic acids is 1. The number of fused-ring (bicyclic) bond motifs is 3. The number of carbonyl (C=O) groups excluding carboxylic acids is 1. The number of halogens is 1. The summed E-state index contributed by atoms with van der Waals surface area (Å²) in [5.74, 6) is -1.75. The van der Waals surface area contributed by atoms with Gasteiger partial charge in [-0.1, -0.05) is 54.6 Å². The van der Waals surface area contributed by atoms with Crippen LogP contribution in [0.4, 0.5) is 14.9 Å². The molecule has 32 heavy (non-hydrogen) atoms. The molecule has 0 heterocycles. The third-order valence-corrected chi connectivity index (χ3v) is 5.64. The van der Waals surface area contributed by atoms with Crippen LogP contribution in [0.1, 0.15) is 17.0 Å². The molecule has 0 fully saturated rings. The molecular weight excluding hydrogens is 411 g/mol. The largest absolute Gasteiger partial charge is 0.480 e. The summed E-state index contributed by atoms with van der Waals surface area (Å²) in [5, 5.41) is 11.9. The minimum absolute atomic E-state index is 0.0526. The first-order valence-corrected chi connectivity index (χ1v) is 10.2. The maximum Gasteiger partial charge on any atom is 0.407 e. The summed E-state index contributed by atoms with van der Waals surface area (Å²) in [6.07, 6.45) is -0.813. The van der Waals surface area contributed by atoms with Crippen molar-refractivity contribution >= 4 is 17.7 Å². The highest BCUT2D eigenvalue weighted by atomic mass is 19.1. The lowest BCUT2D eigenvalue weighted by Crippen LogP contribution is -2.48. The van der Waals surface area contributed by atoms with E-state index in [2.05, 4.69) is 5.32 Å². The summed E-state index contributed by atoms with van der Waals surface area (Å²) in [4.78, 5) is 25.7. The van der Waals surface area contributed by atoms with E-state index < -0.39 is 23.9 Å². The maximum atomic E-state index is 13.5. The predicted molar refractivity (Wildman–Crippen MR) is 119 cm³/mol. The topological polar surface area (TPSA) is 78.9 Å². The van der Waals surface area contributed by atoms with Crippen molar-refractivity contribution in [3.63, 3.8) is 0 Å². The summed E-state index contributed by atoms with van der Waals surface area (Å²) in [7, 11) is 1.63. The number of carbonyl (C=O) groups is 2. The molecule has 0 spiro atoms. The number of benzene rings is 3. The molecule has 1 amide bonds. The van der Waals surface area contributed by atoms with E-state index in [0.717, 1.165) is 22.3 Å². The third-order valence-electron chi connectivity index (χ3n) is 5.64. The van der Waals surface area contributed by atoms with Crippen LogP contribution in [-0.4, -0.2) is 43.4 Å². The zero-order chi connectivity index (χ0) is 22.7. The molecule has 0 bridgehead atoms. The first-order chi connectivity index (χ1) is 15.4. The van der Waals surface area contributed by atoms with Gasteiger partial charge in [0.05, 0.1) is 0 Å². The Kier molecular flexibility index (Phi) is 6.07. The molecular formula is C25H23FN2O4. The molecule has 2 N–H and O–H groups in total. The number of alkyl carbamates (subject to hydrolysis) is 1. The third kappa shape index (κ3) is 4.42. The molecule has 3 aromatic carbocycles. The zero-order valence-electron chi connectivity index (χ0n) is 17.5. The first kappa shape index (κ1) is 21.4. The van der Waals surface area contributed by atoms with Gasteiger partial charge in [0, 0.05) is 25.2 Å². The van der Waals surface area contributed by atoms with Crippen LogP contribution in [0, 0.1) is 5.82 Å². The van der Waals surface area contributed by atoms with Crippen LogP contribution in [0.5, 0.6) is 0 Å².